The summed E-state index contributed by atoms with van der Waals surface area (Å²) < 4.78 is 1.73. The van der Waals surface area contributed by atoms with Gasteiger partial charge >= 0.3 is 0 Å². The van der Waals surface area contributed by atoms with Crippen molar-refractivity contribution in [3.05, 3.63) is 66.7 Å². The van der Waals surface area contributed by atoms with Gasteiger partial charge in [-0.25, -0.2) is 0 Å². The molecule has 6 heteroatoms. The van der Waals surface area contributed by atoms with Crippen LogP contribution in [-0.4, -0.2) is 25.7 Å². The Morgan fingerprint density at radius 2 is 1.77 bits per heavy atom. The fourth-order valence-electron chi connectivity index (χ4n) is 2.72. The highest BCUT2D eigenvalue weighted by molar-refractivity contribution is 5.91. The number of hydrogen-bond donors (Lipinski definition) is 1. The zero-order chi connectivity index (χ0) is 17.9. The van der Waals surface area contributed by atoms with E-state index in [0.29, 0.717) is 17.9 Å². The van der Waals surface area contributed by atoms with Crippen molar-refractivity contribution in [1.29, 1.82) is 0 Å². The summed E-state index contributed by atoms with van der Waals surface area (Å²) in [5, 5.41) is 16.0. The second kappa shape index (κ2) is 6.76. The fourth-order valence-corrected chi connectivity index (χ4v) is 2.72. The van der Waals surface area contributed by atoms with E-state index in [1.165, 1.54) is 0 Å². The number of amides is 1. The number of anilines is 1. The normalized spacial score (nSPS) is 10.8. The predicted molar refractivity (Wildman–Crippen MR) is 101 cm³/mol. The van der Waals surface area contributed by atoms with Gasteiger partial charge in [0.25, 0.3) is 0 Å². The maximum Gasteiger partial charge on any atom is 0.224 e. The summed E-state index contributed by atoms with van der Waals surface area (Å²) in [5.41, 5.74) is 4.10. The van der Waals surface area contributed by atoms with E-state index in [4.69, 9.17) is 5.10 Å². The van der Waals surface area contributed by atoms with Crippen molar-refractivity contribution in [2.75, 3.05) is 5.32 Å². The number of aromatic nitrogens is 4. The van der Waals surface area contributed by atoms with Crippen molar-refractivity contribution in [3.8, 4) is 22.6 Å². The average Bonchev–Trinajstić information content (AvgIpc) is 3.12. The van der Waals surface area contributed by atoms with Crippen molar-refractivity contribution in [2.24, 2.45) is 0 Å². The molecule has 1 N–H and O–H groups in total. The van der Waals surface area contributed by atoms with Gasteiger partial charge in [-0.15, -0.1) is 10.2 Å². The lowest BCUT2D eigenvalue weighted by molar-refractivity contribution is -0.115. The summed E-state index contributed by atoms with van der Waals surface area (Å²) in [6.07, 6.45) is 0.431. The van der Waals surface area contributed by atoms with Crippen molar-refractivity contribution in [1.82, 2.24) is 19.8 Å². The van der Waals surface area contributed by atoms with E-state index in [-0.39, 0.29) is 5.91 Å². The number of benzene rings is 2. The first-order valence-corrected chi connectivity index (χ1v) is 8.43. The smallest absolute Gasteiger partial charge is 0.224 e. The molecule has 4 aromatic rings. The third-order valence-electron chi connectivity index (χ3n) is 4.06. The number of carbonyl (C=O) groups is 1. The molecule has 6 nitrogen and oxygen atoms in total. The zero-order valence-electron chi connectivity index (χ0n) is 14.3. The van der Waals surface area contributed by atoms with Crippen LogP contribution in [0, 0.1) is 0 Å². The third kappa shape index (κ3) is 3.04. The average molecular weight is 343 g/mol. The molecule has 0 bridgehead atoms. The van der Waals surface area contributed by atoms with Gasteiger partial charge in [-0.05, 0) is 24.3 Å². The number of hydrogen-bond acceptors (Lipinski definition) is 4. The lowest BCUT2D eigenvalue weighted by Crippen LogP contribution is -2.09. The van der Waals surface area contributed by atoms with Gasteiger partial charge in [0.2, 0.25) is 5.91 Å². The van der Waals surface area contributed by atoms with Crippen LogP contribution in [0.3, 0.4) is 0 Å². The van der Waals surface area contributed by atoms with Crippen LogP contribution in [0.5, 0.6) is 0 Å². The Bertz CT molecular complexity index is 1070. The summed E-state index contributed by atoms with van der Waals surface area (Å²) in [6.45, 7) is 1.82. The molecule has 0 aliphatic heterocycles. The first kappa shape index (κ1) is 16.0. The molecule has 0 aliphatic rings. The van der Waals surface area contributed by atoms with Gasteiger partial charge in [0.1, 0.15) is 0 Å². The minimum absolute atomic E-state index is 0.0299. The lowest BCUT2D eigenvalue weighted by atomic mass is 10.1. The molecule has 0 unspecified atom stereocenters. The molecule has 4 rings (SSSR count). The van der Waals surface area contributed by atoms with Crippen molar-refractivity contribution < 1.29 is 4.79 Å². The van der Waals surface area contributed by atoms with Gasteiger partial charge in [0.05, 0.1) is 5.69 Å². The molecule has 128 valence electrons. The molecule has 0 fully saturated rings. The maximum absolute atomic E-state index is 11.6. The summed E-state index contributed by atoms with van der Waals surface area (Å²) in [6, 6.07) is 21.3. The van der Waals surface area contributed by atoms with E-state index in [1.54, 1.807) is 4.52 Å². The highest BCUT2D eigenvalue weighted by Crippen LogP contribution is 2.23. The molecule has 0 spiro atoms. The molecule has 26 heavy (non-hydrogen) atoms. The summed E-state index contributed by atoms with van der Waals surface area (Å²) in [7, 11) is 0. The van der Waals surface area contributed by atoms with E-state index in [1.807, 2.05) is 73.7 Å². The number of nitrogens with zero attached hydrogens (tertiary/aromatic N) is 4. The second-order valence-electron chi connectivity index (χ2n) is 5.86. The molecule has 0 radical (unpaired) electrons. The number of nitrogens with one attached hydrogen (secondary N) is 1. The van der Waals surface area contributed by atoms with Crippen molar-refractivity contribution in [3.63, 3.8) is 0 Å². The van der Waals surface area contributed by atoms with Crippen LogP contribution in [0.4, 0.5) is 5.69 Å². The number of fused-ring (bicyclic) bond motifs is 1. The number of rotatable bonds is 4. The van der Waals surface area contributed by atoms with Gasteiger partial charge < -0.3 is 5.32 Å². The van der Waals surface area contributed by atoms with Crippen LogP contribution in [-0.2, 0) is 4.79 Å². The first-order valence-electron chi connectivity index (χ1n) is 8.43. The highest BCUT2D eigenvalue weighted by Gasteiger charge is 2.11. The monoisotopic (exact) mass is 343 g/mol. The van der Waals surface area contributed by atoms with Crippen LogP contribution in [0.2, 0.25) is 0 Å². The molecule has 0 atom stereocenters. The van der Waals surface area contributed by atoms with Gasteiger partial charge in [-0.2, -0.15) is 9.61 Å². The summed E-state index contributed by atoms with van der Waals surface area (Å²) >= 11 is 0. The molecule has 2 aromatic heterocycles. The van der Waals surface area contributed by atoms with Gasteiger partial charge in [-0.1, -0.05) is 49.4 Å². The highest BCUT2D eigenvalue weighted by atomic mass is 16.1. The van der Waals surface area contributed by atoms with E-state index in [9.17, 15) is 4.79 Å². The summed E-state index contributed by atoms with van der Waals surface area (Å²) in [5.74, 6) is 0.600. The van der Waals surface area contributed by atoms with E-state index < -0.39 is 0 Å². The molecule has 0 aliphatic carbocycles. The number of carbonyl (C=O) groups excluding carboxylic acids is 1. The van der Waals surface area contributed by atoms with Gasteiger partial charge in [0, 0.05) is 23.2 Å². The lowest BCUT2D eigenvalue weighted by Gasteiger charge is -2.06. The quantitative estimate of drug-likeness (QED) is 0.612. The Morgan fingerprint density at radius 1 is 0.962 bits per heavy atom. The maximum atomic E-state index is 11.6. The third-order valence-corrected chi connectivity index (χ3v) is 4.06. The molecule has 2 heterocycles. The molecular formula is C20H17N5O. The van der Waals surface area contributed by atoms with Gasteiger partial charge in [-0.3, -0.25) is 4.79 Å². The van der Waals surface area contributed by atoms with Gasteiger partial charge in [0.15, 0.2) is 11.5 Å². The van der Waals surface area contributed by atoms with Crippen molar-refractivity contribution >= 4 is 17.2 Å². The van der Waals surface area contributed by atoms with E-state index in [0.717, 1.165) is 22.5 Å². The van der Waals surface area contributed by atoms with E-state index >= 15 is 0 Å². The largest absolute Gasteiger partial charge is 0.326 e. The molecule has 0 saturated heterocycles. The minimum Gasteiger partial charge on any atom is -0.326 e. The van der Waals surface area contributed by atoms with Crippen molar-refractivity contribution in [2.45, 2.75) is 13.3 Å². The zero-order valence-corrected chi connectivity index (χ0v) is 14.3. The molecule has 2 aromatic carbocycles. The predicted octanol–water partition coefficient (Wildman–Crippen LogP) is 3.81. The van der Waals surface area contributed by atoms with Crippen LogP contribution >= 0.6 is 0 Å². The SMILES string of the molecule is CCC(=O)Nc1cccc(-c2nnc3ccc(-c4ccccc4)nn23)c1. The fraction of sp³-hybridized carbons (Fsp3) is 0.100. The topological polar surface area (TPSA) is 72.2 Å². The van der Waals surface area contributed by atoms with Crippen LogP contribution < -0.4 is 5.32 Å². The molecular weight excluding hydrogens is 326 g/mol. The Balaban J connectivity index is 1.77. The minimum atomic E-state index is -0.0299. The van der Waals surface area contributed by atoms with Crippen LogP contribution in [0.15, 0.2) is 66.7 Å². The standard InChI is InChI=1S/C20H17N5O/c1-2-19(26)21-16-10-6-9-15(13-16)20-23-22-18-12-11-17(24-25(18)20)14-7-4-3-5-8-14/h3-13H,2H2,1H3,(H,21,26). The molecule has 0 saturated carbocycles. The Hall–Kier alpha value is -3.54. The summed E-state index contributed by atoms with van der Waals surface area (Å²) in [4.78, 5) is 11.6. The Labute approximate surface area is 150 Å². The first-order chi connectivity index (χ1) is 12.7. The Morgan fingerprint density at radius 3 is 2.58 bits per heavy atom. The van der Waals surface area contributed by atoms with E-state index in [2.05, 4.69) is 15.5 Å². The second-order valence-corrected chi connectivity index (χ2v) is 5.86. The van der Waals surface area contributed by atoms with Crippen LogP contribution in [0.25, 0.3) is 28.3 Å². The molecule has 1 amide bonds. The Kier molecular flexibility index (Phi) is 4.15. The van der Waals surface area contributed by atoms with Crippen LogP contribution in [0.1, 0.15) is 13.3 Å².